The van der Waals surface area contributed by atoms with Crippen molar-refractivity contribution in [3.8, 4) is 17.6 Å². The zero-order chi connectivity index (χ0) is 13.5. The molecule has 0 saturated heterocycles. The van der Waals surface area contributed by atoms with Crippen molar-refractivity contribution in [3.05, 3.63) is 59.7 Å². The first-order valence-electron chi connectivity index (χ1n) is 6.04. The Morgan fingerprint density at radius 1 is 1.00 bits per heavy atom. The van der Waals surface area contributed by atoms with Crippen LogP contribution in [-0.2, 0) is 13.0 Å². The van der Waals surface area contributed by atoms with Crippen LogP contribution in [0.5, 0.6) is 11.5 Å². The van der Waals surface area contributed by atoms with Crippen molar-refractivity contribution in [3.63, 3.8) is 0 Å². The zero-order valence-electron chi connectivity index (χ0n) is 10.8. The molecule has 2 aromatic carbocycles. The van der Waals surface area contributed by atoms with Crippen LogP contribution in [0.25, 0.3) is 0 Å². The average Bonchev–Trinajstić information content (AvgIpc) is 2.47. The summed E-state index contributed by atoms with van der Waals surface area (Å²) in [5.41, 5.74) is 2.02. The van der Waals surface area contributed by atoms with Gasteiger partial charge in [-0.1, -0.05) is 36.4 Å². The minimum Gasteiger partial charge on any atom is -0.493 e. The van der Waals surface area contributed by atoms with Gasteiger partial charge in [-0.3, -0.25) is 0 Å². The number of rotatable bonds is 5. The summed E-state index contributed by atoms with van der Waals surface area (Å²) in [6, 6.07) is 17.6. The lowest BCUT2D eigenvalue weighted by Crippen LogP contribution is -1.98. The largest absolute Gasteiger partial charge is 0.493 e. The number of nitriles is 1. The third kappa shape index (κ3) is 3.49. The van der Waals surface area contributed by atoms with Gasteiger partial charge in [-0.15, -0.1) is 0 Å². The Balaban J connectivity index is 2.14. The molecule has 3 nitrogen and oxygen atoms in total. The van der Waals surface area contributed by atoms with Crippen LogP contribution in [0.4, 0.5) is 0 Å². The van der Waals surface area contributed by atoms with E-state index in [9.17, 15) is 0 Å². The van der Waals surface area contributed by atoms with Gasteiger partial charge in [0, 0.05) is 0 Å². The smallest absolute Gasteiger partial charge is 0.161 e. The van der Waals surface area contributed by atoms with Crippen LogP contribution in [0, 0.1) is 11.3 Å². The van der Waals surface area contributed by atoms with Gasteiger partial charge in [0.05, 0.1) is 19.6 Å². The Bertz CT molecular complexity index is 573. The quantitative estimate of drug-likeness (QED) is 0.820. The molecule has 0 amide bonds. The Morgan fingerprint density at radius 2 is 1.79 bits per heavy atom. The maximum absolute atomic E-state index is 8.72. The van der Waals surface area contributed by atoms with Gasteiger partial charge in [-0.2, -0.15) is 5.26 Å². The van der Waals surface area contributed by atoms with E-state index in [1.54, 1.807) is 7.11 Å². The van der Waals surface area contributed by atoms with Gasteiger partial charge in [-0.05, 0) is 23.3 Å². The average molecular weight is 253 g/mol. The molecule has 19 heavy (non-hydrogen) atoms. The van der Waals surface area contributed by atoms with Crippen LogP contribution in [-0.4, -0.2) is 7.11 Å². The fourth-order valence-electron chi connectivity index (χ4n) is 1.77. The molecule has 0 fully saturated rings. The summed E-state index contributed by atoms with van der Waals surface area (Å²) in [4.78, 5) is 0. The van der Waals surface area contributed by atoms with Crippen molar-refractivity contribution in [2.45, 2.75) is 13.0 Å². The van der Waals surface area contributed by atoms with E-state index in [0.717, 1.165) is 11.1 Å². The topological polar surface area (TPSA) is 42.2 Å². The van der Waals surface area contributed by atoms with Crippen LogP contribution < -0.4 is 9.47 Å². The molecular formula is C16H15NO2. The van der Waals surface area contributed by atoms with Crippen molar-refractivity contribution >= 4 is 0 Å². The van der Waals surface area contributed by atoms with Gasteiger partial charge < -0.3 is 9.47 Å². The predicted molar refractivity (Wildman–Crippen MR) is 73.1 cm³/mol. The second-order valence-electron chi connectivity index (χ2n) is 4.09. The van der Waals surface area contributed by atoms with Crippen molar-refractivity contribution in [1.29, 1.82) is 5.26 Å². The van der Waals surface area contributed by atoms with Crippen molar-refractivity contribution in [2.75, 3.05) is 7.11 Å². The molecule has 2 rings (SSSR count). The molecule has 0 atom stereocenters. The third-order valence-electron chi connectivity index (χ3n) is 2.75. The molecule has 0 unspecified atom stereocenters. The molecule has 0 saturated carbocycles. The molecule has 96 valence electrons. The van der Waals surface area contributed by atoms with E-state index in [2.05, 4.69) is 6.07 Å². The lowest BCUT2D eigenvalue weighted by molar-refractivity contribution is 0.284. The highest BCUT2D eigenvalue weighted by Gasteiger charge is 2.06. The Hall–Kier alpha value is -2.47. The standard InChI is InChI=1S/C16H15NO2/c1-18-15-8-7-13(9-10-17)11-16(15)19-12-14-5-3-2-4-6-14/h2-8,11H,9,12H2,1H3. The van der Waals surface area contributed by atoms with Crippen LogP contribution in [0.2, 0.25) is 0 Å². The molecule has 2 aromatic rings. The summed E-state index contributed by atoms with van der Waals surface area (Å²) < 4.78 is 11.0. The monoisotopic (exact) mass is 253 g/mol. The molecule has 0 aromatic heterocycles. The molecule has 0 N–H and O–H groups in total. The summed E-state index contributed by atoms with van der Waals surface area (Å²) >= 11 is 0. The highest BCUT2D eigenvalue weighted by Crippen LogP contribution is 2.28. The SMILES string of the molecule is COc1ccc(CC#N)cc1OCc1ccccc1. The van der Waals surface area contributed by atoms with Gasteiger partial charge in [-0.25, -0.2) is 0 Å². The van der Waals surface area contributed by atoms with E-state index < -0.39 is 0 Å². The normalized spacial score (nSPS) is 9.68. The first kappa shape index (κ1) is 13.0. The highest BCUT2D eigenvalue weighted by molar-refractivity contribution is 5.43. The predicted octanol–water partition coefficient (Wildman–Crippen LogP) is 3.34. The first-order chi connectivity index (χ1) is 9.33. The fraction of sp³-hybridized carbons (Fsp3) is 0.188. The lowest BCUT2D eigenvalue weighted by Gasteiger charge is -2.11. The maximum Gasteiger partial charge on any atom is 0.161 e. The molecular weight excluding hydrogens is 238 g/mol. The third-order valence-corrected chi connectivity index (χ3v) is 2.75. The van der Waals surface area contributed by atoms with E-state index in [1.165, 1.54) is 0 Å². The zero-order valence-corrected chi connectivity index (χ0v) is 10.8. The fourth-order valence-corrected chi connectivity index (χ4v) is 1.77. The number of hydrogen-bond donors (Lipinski definition) is 0. The second-order valence-corrected chi connectivity index (χ2v) is 4.09. The van der Waals surface area contributed by atoms with E-state index in [-0.39, 0.29) is 0 Å². The van der Waals surface area contributed by atoms with Crippen molar-refractivity contribution < 1.29 is 9.47 Å². The molecule has 0 aliphatic carbocycles. The van der Waals surface area contributed by atoms with E-state index >= 15 is 0 Å². The number of hydrogen-bond acceptors (Lipinski definition) is 3. The van der Waals surface area contributed by atoms with Gasteiger partial charge >= 0.3 is 0 Å². The summed E-state index contributed by atoms with van der Waals surface area (Å²) in [6.45, 7) is 0.479. The van der Waals surface area contributed by atoms with Gasteiger partial charge in [0.25, 0.3) is 0 Å². The number of methoxy groups -OCH3 is 1. The minimum absolute atomic E-state index is 0.367. The van der Waals surface area contributed by atoms with Gasteiger partial charge in [0.1, 0.15) is 6.61 Å². The molecule has 0 heterocycles. The molecule has 0 aliphatic heterocycles. The van der Waals surface area contributed by atoms with E-state index in [0.29, 0.717) is 24.5 Å². The summed E-state index contributed by atoms with van der Waals surface area (Å²) in [6.07, 6.45) is 0.367. The van der Waals surface area contributed by atoms with Crippen molar-refractivity contribution in [2.24, 2.45) is 0 Å². The maximum atomic E-state index is 8.72. The van der Waals surface area contributed by atoms with E-state index in [4.69, 9.17) is 14.7 Å². The molecule has 0 bridgehead atoms. The number of nitrogens with zero attached hydrogens (tertiary/aromatic N) is 1. The second kappa shape index (κ2) is 6.46. The Morgan fingerprint density at radius 3 is 2.47 bits per heavy atom. The Kier molecular flexibility index (Phi) is 4.41. The van der Waals surface area contributed by atoms with E-state index in [1.807, 2.05) is 48.5 Å². The number of ether oxygens (including phenoxy) is 2. The number of benzene rings is 2. The van der Waals surface area contributed by atoms with Gasteiger partial charge in [0.15, 0.2) is 11.5 Å². The highest BCUT2D eigenvalue weighted by atomic mass is 16.5. The van der Waals surface area contributed by atoms with Crippen LogP contribution >= 0.6 is 0 Å². The molecule has 0 radical (unpaired) electrons. The molecule has 0 aliphatic rings. The summed E-state index contributed by atoms with van der Waals surface area (Å²) in [5, 5.41) is 8.72. The molecule has 3 heteroatoms. The lowest BCUT2D eigenvalue weighted by atomic mass is 10.1. The summed E-state index contributed by atoms with van der Waals surface area (Å²) in [5.74, 6) is 1.34. The minimum atomic E-state index is 0.367. The first-order valence-corrected chi connectivity index (χ1v) is 6.04. The van der Waals surface area contributed by atoms with Crippen LogP contribution in [0.15, 0.2) is 48.5 Å². The van der Waals surface area contributed by atoms with Crippen molar-refractivity contribution in [1.82, 2.24) is 0 Å². The van der Waals surface area contributed by atoms with Crippen LogP contribution in [0.1, 0.15) is 11.1 Å². The Labute approximate surface area is 113 Å². The molecule has 0 spiro atoms. The van der Waals surface area contributed by atoms with Crippen LogP contribution in [0.3, 0.4) is 0 Å². The van der Waals surface area contributed by atoms with Gasteiger partial charge in [0.2, 0.25) is 0 Å². The summed E-state index contributed by atoms with van der Waals surface area (Å²) in [7, 11) is 1.61.